The Kier molecular flexibility index (Phi) is 5.19. The SMILES string of the molecule is O=C(O)/C=C/C(=O)NC(=O)Nc1ccc(Br)cc1F. The van der Waals surface area contributed by atoms with Crippen LogP contribution < -0.4 is 10.6 Å². The van der Waals surface area contributed by atoms with Crippen molar-refractivity contribution in [3.8, 4) is 0 Å². The Bertz CT molecular complexity index is 560. The van der Waals surface area contributed by atoms with Crippen molar-refractivity contribution in [2.24, 2.45) is 0 Å². The molecule has 0 spiro atoms. The Hall–Kier alpha value is -2.22. The second kappa shape index (κ2) is 6.64. The molecule has 19 heavy (non-hydrogen) atoms. The topological polar surface area (TPSA) is 95.5 Å². The number of hydrogen-bond acceptors (Lipinski definition) is 3. The largest absolute Gasteiger partial charge is 0.478 e. The van der Waals surface area contributed by atoms with E-state index in [9.17, 15) is 18.8 Å². The van der Waals surface area contributed by atoms with Crippen molar-refractivity contribution < 1.29 is 23.9 Å². The lowest BCUT2D eigenvalue weighted by Gasteiger charge is -2.06. The number of nitrogens with one attached hydrogen (secondary N) is 2. The first kappa shape index (κ1) is 14.8. The van der Waals surface area contributed by atoms with Crippen LogP contribution in [0.3, 0.4) is 0 Å². The van der Waals surface area contributed by atoms with Gasteiger partial charge in [-0.1, -0.05) is 15.9 Å². The predicted molar refractivity (Wildman–Crippen MR) is 68.0 cm³/mol. The molecule has 0 radical (unpaired) electrons. The van der Waals surface area contributed by atoms with Gasteiger partial charge in [-0.15, -0.1) is 0 Å². The lowest BCUT2D eigenvalue weighted by atomic mass is 10.3. The van der Waals surface area contributed by atoms with Crippen LogP contribution in [0.25, 0.3) is 0 Å². The highest BCUT2D eigenvalue weighted by Gasteiger charge is 2.09. The van der Waals surface area contributed by atoms with Crippen molar-refractivity contribution in [1.82, 2.24) is 5.32 Å². The molecule has 0 unspecified atom stereocenters. The minimum absolute atomic E-state index is 0.115. The molecule has 0 saturated carbocycles. The number of rotatable bonds is 3. The van der Waals surface area contributed by atoms with Crippen LogP contribution in [0.15, 0.2) is 34.8 Å². The van der Waals surface area contributed by atoms with Gasteiger partial charge < -0.3 is 10.4 Å². The second-order valence-electron chi connectivity index (χ2n) is 3.24. The summed E-state index contributed by atoms with van der Waals surface area (Å²) in [4.78, 5) is 32.5. The number of imide groups is 1. The Morgan fingerprint density at radius 2 is 1.95 bits per heavy atom. The van der Waals surface area contributed by atoms with Crippen LogP contribution in [0.2, 0.25) is 0 Å². The van der Waals surface area contributed by atoms with Gasteiger partial charge in [0.2, 0.25) is 0 Å². The Balaban J connectivity index is 2.60. The highest BCUT2D eigenvalue weighted by Crippen LogP contribution is 2.18. The summed E-state index contributed by atoms with van der Waals surface area (Å²) in [5.41, 5.74) is -0.115. The lowest BCUT2D eigenvalue weighted by molar-refractivity contribution is -0.131. The van der Waals surface area contributed by atoms with Crippen molar-refractivity contribution in [3.63, 3.8) is 0 Å². The molecule has 0 saturated heterocycles. The lowest BCUT2D eigenvalue weighted by Crippen LogP contribution is -2.33. The van der Waals surface area contributed by atoms with E-state index in [0.29, 0.717) is 16.6 Å². The van der Waals surface area contributed by atoms with Gasteiger partial charge in [0.15, 0.2) is 0 Å². The van der Waals surface area contributed by atoms with Crippen molar-refractivity contribution in [2.45, 2.75) is 0 Å². The minimum atomic E-state index is -1.32. The molecule has 1 rings (SSSR count). The van der Waals surface area contributed by atoms with Crippen LogP contribution in [0.4, 0.5) is 14.9 Å². The summed E-state index contributed by atoms with van der Waals surface area (Å²) in [5.74, 6) is -2.94. The first-order valence-corrected chi connectivity index (χ1v) is 5.66. The fourth-order valence-corrected chi connectivity index (χ4v) is 1.38. The van der Waals surface area contributed by atoms with E-state index in [1.165, 1.54) is 12.1 Å². The van der Waals surface area contributed by atoms with Gasteiger partial charge in [-0.2, -0.15) is 0 Å². The van der Waals surface area contributed by atoms with Gasteiger partial charge in [0.05, 0.1) is 5.69 Å². The van der Waals surface area contributed by atoms with E-state index in [0.717, 1.165) is 6.07 Å². The minimum Gasteiger partial charge on any atom is -0.478 e. The monoisotopic (exact) mass is 330 g/mol. The zero-order valence-corrected chi connectivity index (χ0v) is 10.9. The molecule has 8 heteroatoms. The molecular weight excluding hydrogens is 323 g/mol. The number of anilines is 1. The van der Waals surface area contributed by atoms with Gasteiger partial charge >= 0.3 is 12.0 Å². The average Bonchev–Trinajstić information content (AvgIpc) is 2.30. The number of halogens is 2. The summed E-state index contributed by atoms with van der Waals surface area (Å²) in [6.07, 6.45) is 1.24. The predicted octanol–water partition coefficient (Wildman–Crippen LogP) is 1.88. The molecule has 6 nitrogen and oxygen atoms in total. The number of hydrogen-bond donors (Lipinski definition) is 3. The van der Waals surface area contributed by atoms with E-state index in [2.05, 4.69) is 21.2 Å². The number of carbonyl (C=O) groups excluding carboxylic acids is 2. The molecule has 0 aliphatic carbocycles. The zero-order valence-electron chi connectivity index (χ0n) is 9.31. The van der Waals surface area contributed by atoms with E-state index < -0.39 is 23.7 Å². The fourth-order valence-electron chi connectivity index (χ4n) is 1.04. The normalized spacial score (nSPS) is 10.2. The maximum absolute atomic E-state index is 13.4. The molecule has 0 aliphatic heterocycles. The third kappa shape index (κ3) is 5.30. The first-order chi connectivity index (χ1) is 8.88. The smallest absolute Gasteiger partial charge is 0.328 e. The Labute approximate surface area is 115 Å². The summed E-state index contributed by atoms with van der Waals surface area (Å²) < 4.78 is 13.8. The van der Waals surface area contributed by atoms with E-state index in [4.69, 9.17) is 5.11 Å². The van der Waals surface area contributed by atoms with Crippen LogP contribution >= 0.6 is 15.9 Å². The van der Waals surface area contributed by atoms with Crippen LogP contribution in [-0.4, -0.2) is 23.0 Å². The highest BCUT2D eigenvalue weighted by atomic mass is 79.9. The number of urea groups is 1. The first-order valence-electron chi connectivity index (χ1n) is 4.86. The highest BCUT2D eigenvalue weighted by molar-refractivity contribution is 9.10. The van der Waals surface area contributed by atoms with Crippen molar-refractivity contribution in [2.75, 3.05) is 5.32 Å². The van der Waals surface area contributed by atoms with Crippen molar-refractivity contribution >= 4 is 39.5 Å². The van der Waals surface area contributed by atoms with Gasteiger partial charge in [0, 0.05) is 16.6 Å². The molecule has 100 valence electrons. The van der Waals surface area contributed by atoms with Gasteiger partial charge in [-0.25, -0.2) is 14.0 Å². The molecule has 0 aromatic heterocycles. The Morgan fingerprint density at radius 1 is 1.26 bits per heavy atom. The maximum atomic E-state index is 13.4. The quantitative estimate of drug-likeness (QED) is 0.737. The molecule has 1 aromatic carbocycles. The van der Waals surface area contributed by atoms with Gasteiger partial charge in [-0.3, -0.25) is 10.1 Å². The molecular formula is C11H8BrFN2O4. The summed E-state index contributed by atoms with van der Waals surface area (Å²) in [6, 6.07) is 2.98. The number of amides is 3. The summed E-state index contributed by atoms with van der Waals surface area (Å²) >= 11 is 3.05. The molecule has 0 aliphatic rings. The molecule has 0 heterocycles. The van der Waals surface area contributed by atoms with Crippen molar-refractivity contribution in [1.29, 1.82) is 0 Å². The Morgan fingerprint density at radius 3 is 2.53 bits per heavy atom. The maximum Gasteiger partial charge on any atom is 0.328 e. The fraction of sp³-hybridized carbons (Fsp3) is 0. The second-order valence-corrected chi connectivity index (χ2v) is 4.15. The van der Waals surface area contributed by atoms with E-state index >= 15 is 0 Å². The number of benzene rings is 1. The third-order valence-corrected chi connectivity index (χ3v) is 2.29. The standard InChI is InChI=1S/C11H8BrFN2O4/c12-6-1-2-8(7(13)5-6)14-11(19)15-9(16)3-4-10(17)18/h1-5H,(H,17,18)(H2,14,15,16,19)/b4-3+. The molecule has 3 N–H and O–H groups in total. The zero-order chi connectivity index (χ0) is 14.4. The number of carboxylic acid groups (broad SMARTS) is 1. The molecule has 0 atom stereocenters. The van der Waals surface area contributed by atoms with Gasteiger partial charge in [-0.05, 0) is 18.2 Å². The van der Waals surface area contributed by atoms with Crippen LogP contribution in [0, 0.1) is 5.82 Å². The molecule has 3 amide bonds. The summed E-state index contributed by atoms with van der Waals surface area (Å²) in [6.45, 7) is 0. The summed E-state index contributed by atoms with van der Waals surface area (Å²) in [7, 11) is 0. The summed E-state index contributed by atoms with van der Waals surface area (Å²) in [5, 5.41) is 12.2. The third-order valence-electron chi connectivity index (χ3n) is 1.79. The van der Waals surface area contributed by atoms with Gasteiger partial charge in [0.25, 0.3) is 5.91 Å². The van der Waals surface area contributed by atoms with Gasteiger partial charge in [0.1, 0.15) is 5.82 Å². The van der Waals surface area contributed by atoms with Crippen molar-refractivity contribution in [3.05, 3.63) is 40.6 Å². The van der Waals surface area contributed by atoms with E-state index in [1.54, 1.807) is 0 Å². The van der Waals surface area contributed by atoms with E-state index in [1.807, 2.05) is 5.32 Å². The molecule has 0 fully saturated rings. The molecule has 0 bridgehead atoms. The van der Waals surface area contributed by atoms with E-state index in [-0.39, 0.29) is 5.69 Å². The van der Waals surface area contributed by atoms with Crippen LogP contribution in [0.1, 0.15) is 0 Å². The average molecular weight is 331 g/mol. The number of carbonyl (C=O) groups is 3. The van der Waals surface area contributed by atoms with Crippen LogP contribution in [0.5, 0.6) is 0 Å². The molecule has 1 aromatic rings. The van der Waals surface area contributed by atoms with Crippen LogP contribution in [-0.2, 0) is 9.59 Å². The number of carboxylic acids is 1. The number of aliphatic carboxylic acids is 1.